The molecular formula is C16H24N2. The number of aryl methyl sites for hydroxylation is 1. The molecule has 2 aromatic rings. The maximum Gasteiger partial charge on any atom is 0.0673 e. The lowest BCUT2D eigenvalue weighted by Gasteiger charge is -2.19. The molecule has 2 rings (SSSR count). The Balaban J connectivity index is 2.45. The van der Waals surface area contributed by atoms with Gasteiger partial charge in [0.15, 0.2) is 0 Å². The summed E-state index contributed by atoms with van der Waals surface area (Å²) in [4.78, 5) is 8.21. The van der Waals surface area contributed by atoms with Gasteiger partial charge in [-0.3, -0.25) is 4.98 Å². The molecule has 0 amide bonds. The zero-order chi connectivity index (χ0) is 13.3. The molecule has 0 bridgehead atoms. The number of aromatic amines is 1. The Morgan fingerprint density at radius 3 is 2.61 bits per heavy atom. The Labute approximate surface area is 110 Å². The van der Waals surface area contributed by atoms with Crippen LogP contribution in [0.2, 0.25) is 0 Å². The number of hydrogen-bond acceptors (Lipinski definition) is 1. The number of pyridine rings is 1. The second kappa shape index (κ2) is 4.75. The molecule has 0 aliphatic heterocycles. The molecule has 0 radical (unpaired) electrons. The minimum atomic E-state index is 0.109. The van der Waals surface area contributed by atoms with Gasteiger partial charge in [-0.25, -0.2) is 0 Å². The van der Waals surface area contributed by atoms with Crippen LogP contribution in [0.15, 0.2) is 18.3 Å². The highest BCUT2D eigenvalue weighted by atomic mass is 14.8. The third kappa shape index (κ3) is 2.74. The van der Waals surface area contributed by atoms with Crippen molar-refractivity contribution >= 4 is 10.9 Å². The maximum absolute atomic E-state index is 4.89. The fourth-order valence-corrected chi connectivity index (χ4v) is 2.12. The first-order chi connectivity index (χ1) is 8.38. The number of rotatable bonds is 3. The molecule has 2 nitrogen and oxygen atoms in total. The number of fused-ring (bicyclic) bond motifs is 1. The van der Waals surface area contributed by atoms with Crippen LogP contribution >= 0.6 is 0 Å². The summed E-state index contributed by atoms with van der Waals surface area (Å²) in [5, 5.41) is 1.29. The predicted octanol–water partition coefficient (Wildman–Crippen LogP) is 4.45. The number of nitrogens with zero attached hydrogens (tertiary/aromatic N) is 1. The quantitative estimate of drug-likeness (QED) is 0.849. The van der Waals surface area contributed by atoms with Crippen molar-refractivity contribution < 1.29 is 0 Å². The molecule has 2 aromatic heterocycles. The van der Waals surface area contributed by atoms with Gasteiger partial charge in [0, 0.05) is 22.7 Å². The van der Waals surface area contributed by atoms with E-state index in [9.17, 15) is 0 Å². The minimum absolute atomic E-state index is 0.109. The van der Waals surface area contributed by atoms with Crippen LogP contribution in [-0.2, 0) is 11.8 Å². The molecule has 0 unspecified atom stereocenters. The number of aromatic nitrogens is 2. The third-order valence-electron chi connectivity index (χ3n) is 3.34. The normalized spacial score (nSPS) is 12.6. The van der Waals surface area contributed by atoms with E-state index in [2.05, 4.69) is 51.7 Å². The van der Waals surface area contributed by atoms with E-state index < -0.39 is 0 Å². The number of nitrogens with one attached hydrogen (secondary N) is 1. The van der Waals surface area contributed by atoms with Gasteiger partial charge in [0.05, 0.1) is 11.2 Å². The van der Waals surface area contributed by atoms with Gasteiger partial charge in [0.1, 0.15) is 0 Å². The Morgan fingerprint density at radius 1 is 1.28 bits per heavy atom. The first kappa shape index (κ1) is 13.1. The van der Waals surface area contributed by atoms with Gasteiger partial charge in [-0.1, -0.05) is 34.6 Å². The average molecular weight is 244 g/mol. The molecule has 2 heterocycles. The second-order valence-electron chi connectivity index (χ2n) is 6.58. The van der Waals surface area contributed by atoms with E-state index in [0.717, 1.165) is 12.3 Å². The minimum Gasteiger partial charge on any atom is -0.360 e. The molecule has 2 heteroatoms. The monoisotopic (exact) mass is 244 g/mol. The summed E-state index contributed by atoms with van der Waals surface area (Å²) in [6, 6.07) is 4.36. The molecular weight excluding hydrogens is 220 g/mol. The summed E-state index contributed by atoms with van der Waals surface area (Å²) in [5.74, 6) is 0.718. The van der Waals surface area contributed by atoms with Crippen LogP contribution in [0.5, 0.6) is 0 Å². The number of H-pyrrole nitrogens is 1. The highest BCUT2D eigenvalue weighted by Crippen LogP contribution is 2.26. The molecule has 1 N–H and O–H groups in total. The summed E-state index contributed by atoms with van der Waals surface area (Å²) in [5.41, 5.74) is 3.73. The van der Waals surface area contributed by atoms with Gasteiger partial charge in [0.25, 0.3) is 0 Å². The average Bonchev–Trinajstić information content (AvgIpc) is 2.72. The lowest BCUT2D eigenvalue weighted by atomic mass is 9.90. The Bertz CT molecular complexity index is 530. The highest BCUT2D eigenvalue weighted by molar-refractivity contribution is 5.82. The maximum atomic E-state index is 4.89. The SMILES string of the molecule is CC(C)CCc1nc(C(C)(C)C)cc2cc[nH]c12. The largest absolute Gasteiger partial charge is 0.360 e. The molecule has 0 atom stereocenters. The topological polar surface area (TPSA) is 28.7 Å². The Kier molecular flexibility index (Phi) is 3.47. The Hall–Kier alpha value is -1.31. The van der Waals surface area contributed by atoms with Gasteiger partial charge in [-0.2, -0.15) is 0 Å². The van der Waals surface area contributed by atoms with Gasteiger partial charge in [-0.15, -0.1) is 0 Å². The van der Waals surface area contributed by atoms with E-state index in [-0.39, 0.29) is 5.41 Å². The smallest absolute Gasteiger partial charge is 0.0673 e. The van der Waals surface area contributed by atoms with Crippen molar-refractivity contribution in [3.05, 3.63) is 29.7 Å². The van der Waals surface area contributed by atoms with Crippen molar-refractivity contribution in [2.24, 2.45) is 5.92 Å². The van der Waals surface area contributed by atoms with Gasteiger partial charge in [0.2, 0.25) is 0 Å². The molecule has 0 spiro atoms. The molecule has 0 saturated heterocycles. The van der Waals surface area contributed by atoms with E-state index >= 15 is 0 Å². The lowest BCUT2D eigenvalue weighted by molar-refractivity contribution is 0.555. The van der Waals surface area contributed by atoms with Gasteiger partial charge >= 0.3 is 0 Å². The van der Waals surface area contributed by atoms with Crippen LogP contribution in [0.4, 0.5) is 0 Å². The fraction of sp³-hybridized carbons (Fsp3) is 0.562. The molecule has 0 fully saturated rings. The van der Waals surface area contributed by atoms with Crippen molar-refractivity contribution in [1.82, 2.24) is 9.97 Å². The molecule has 0 aromatic carbocycles. The van der Waals surface area contributed by atoms with Crippen molar-refractivity contribution in [3.8, 4) is 0 Å². The van der Waals surface area contributed by atoms with Crippen LogP contribution in [0, 0.1) is 5.92 Å². The van der Waals surface area contributed by atoms with Crippen molar-refractivity contribution in [2.45, 2.75) is 52.9 Å². The van der Waals surface area contributed by atoms with Crippen LogP contribution in [0.3, 0.4) is 0 Å². The predicted molar refractivity (Wildman–Crippen MR) is 78.0 cm³/mol. The van der Waals surface area contributed by atoms with Gasteiger partial charge < -0.3 is 4.98 Å². The van der Waals surface area contributed by atoms with E-state index in [1.165, 1.54) is 28.7 Å². The first-order valence-electron chi connectivity index (χ1n) is 6.85. The summed E-state index contributed by atoms with van der Waals surface area (Å²) >= 11 is 0. The molecule has 0 saturated carbocycles. The van der Waals surface area contributed by atoms with Crippen LogP contribution < -0.4 is 0 Å². The summed E-state index contributed by atoms with van der Waals surface area (Å²) in [6.07, 6.45) is 4.25. The van der Waals surface area contributed by atoms with Crippen molar-refractivity contribution in [1.29, 1.82) is 0 Å². The number of hydrogen-bond donors (Lipinski definition) is 1. The van der Waals surface area contributed by atoms with E-state index in [4.69, 9.17) is 4.98 Å². The third-order valence-corrected chi connectivity index (χ3v) is 3.34. The molecule has 18 heavy (non-hydrogen) atoms. The first-order valence-corrected chi connectivity index (χ1v) is 6.85. The fourth-order valence-electron chi connectivity index (χ4n) is 2.12. The molecule has 0 aliphatic carbocycles. The van der Waals surface area contributed by atoms with Gasteiger partial charge in [-0.05, 0) is 30.9 Å². The summed E-state index contributed by atoms with van der Waals surface area (Å²) in [6.45, 7) is 11.2. The highest BCUT2D eigenvalue weighted by Gasteiger charge is 2.18. The van der Waals surface area contributed by atoms with E-state index in [0.29, 0.717) is 0 Å². The van der Waals surface area contributed by atoms with Crippen molar-refractivity contribution in [2.75, 3.05) is 0 Å². The zero-order valence-corrected chi connectivity index (χ0v) is 12.2. The molecule has 98 valence electrons. The molecule has 0 aliphatic rings. The van der Waals surface area contributed by atoms with Crippen molar-refractivity contribution in [3.63, 3.8) is 0 Å². The summed E-state index contributed by atoms with van der Waals surface area (Å²) in [7, 11) is 0. The van der Waals surface area contributed by atoms with E-state index in [1.54, 1.807) is 0 Å². The second-order valence-corrected chi connectivity index (χ2v) is 6.58. The van der Waals surface area contributed by atoms with Crippen LogP contribution in [0.1, 0.15) is 52.4 Å². The standard InChI is InChI=1S/C16H24N2/c1-11(2)6-7-13-15-12(8-9-17-15)10-14(18-13)16(3,4)5/h8-11,17H,6-7H2,1-5H3. The summed E-state index contributed by atoms with van der Waals surface area (Å²) < 4.78 is 0. The zero-order valence-electron chi connectivity index (χ0n) is 12.2. The van der Waals surface area contributed by atoms with Crippen LogP contribution in [0.25, 0.3) is 10.9 Å². The lowest BCUT2D eigenvalue weighted by Crippen LogP contribution is -2.14. The van der Waals surface area contributed by atoms with Crippen LogP contribution in [-0.4, -0.2) is 9.97 Å². The van der Waals surface area contributed by atoms with E-state index in [1.807, 2.05) is 6.20 Å². The Morgan fingerprint density at radius 2 is 2.00 bits per heavy atom.